The molecule has 3 nitrogen and oxygen atoms in total. The van der Waals surface area contributed by atoms with Crippen LogP contribution >= 0.6 is 0 Å². The van der Waals surface area contributed by atoms with E-state index in [-0.39, 0.29) is 12.5 Å². The lowest BCUT2D eigenvalue weighted by Crippen LogP contribution is -2.24. The Morgan fingerprint density at radius 1 is 1.70 bits per heavy atom. The van der Waals surface area contributed by atoms with Crippen molar-refractivity contribution in [3.8, 4) is 0 Å². The van der Waals surface area contributed by atoms with Crippen LogP contribution in [0.2, 0.25) is 0 Å². The summed E-state index contributed by atoms with van der Waals surface area (Å²) in [7, 11) is 0. The number of carbonyl (C=O) groups is 1. The third kappa shape index (κ3) is 5.31. The van der Waals surface area contributed by atoms with Crippen LogP contribution in [0.3, 0.4) is 0 Å². The molecule has 0 radical (unpaired) electrons. The van der Waals surface area contributed by atoms with Gasteiger partial charge < -0.3 is 10.4 Å². The second-order valence-corrected chi connectivity index (χ2v) is 1.83. The Labute approximate surface area is 60.7 Å². The molecule has 0 aliphatic rings. The smallest absolute Gasteiger partial charge is 0.243 e. The first-order valence-corrected chi connectivity index (χ1v) is 3.36. The van der Waals surface area contributed by atoms with Gasteiger partial charge in [-0.1, -0.05) is 13.0 Å². The van der Waals surface area contributed by atoms with Crippen molar-refractivity contribution in [3.63, 3.8) is 0 Å². The van der Waals surface area contributed by atoms with Crippen molar-refractivity contribution in [1.29, 1.82) is 0 Å². The van der Waals surface area contributed by atoms with Crippen molar-refractivity contribution in [2.24, 2.45) is 0 Å². The molecule has 0 atom stereocenters. The number of amides is 1. The highest BCUT2D eigenvalue weighted by Gasteiger charge is 1.89. The van der Waals surface area contributed by atoms with Gasteiger partial charge in [0.1, 0.15) is 0 Å². The lowest BCUT2D eigenvalue weighted by Gasteiger charge is -1.95. The number of nitrogens with one attached hydrogen (secondary N) is 1. The van der Waals surface area contributed by atoms with E-state index in [0.717, 1.165) is 6.42 Å². The van der Waals surface area contributed by atoms with E-state index >= 15 is 0 Å². The second-order valence-electron chi connectivity index (χ2n) is 1.83. The molecule has 10 heavy (non-hydrogen) atoms. The molecule has 0 aliphatic carbocycles. The highest BCUT2D eigenvalue weighted by Crippen LogP contribution is 1.78. The lowest BCUT2D eigenvalue weighted by molar-refractivity contribution is -0.116. The number of carbonyl (C=O) groups excluding carboxylic acids is 1. The van der Waals surface area contributed by atoms with Crippen LogP contribution in [0.1, 0.15) is 13.3 Å². The molecule has 0 aliphatic heterocycles. The number of hydrogen-bond acceptors (Lipinski definition) is 2. The molecule has 0 fully saturated rings. The fourth-order valence-corrected chi connectivity index (χ4v) is 0.463. The largest absolute Gasteiger partial charge is 0.395 e. The molecule has 0 aromatic rings. The second kappa shape index (κ2) is 6.29. The van der Waals surface area contributed by atoms with Crippen LogP contribution in [-0.2, 0) is 4.79 Å². The number of allylic oxidation sites excluding steroid dienone is 1. The SMILES string of the molecule is CCC=CC(=O)NCCO. The van der Waals surface area contributed by atoms with Gasteiger partial charge in [0.15, 0.2) is 0 Å². The Balaban J connectivity index is 3.34. The van der Waals surface area contributed by atoms with Crippen LogP contribution < -0.4 is 5.32 Å². The molecule has 58 valence electrons. The number of aliphatic hydroxyl groups is 1. The maximum Gasteiger partial charge on any atom is 0.243 e. The maximum atomic E-state index is 10.7. The zero-order chi connectivity index (χ0) is 7.82. The van der Waals surface area contributed by atoms with E-state index < -0.39 is 0 Å². The zero-order valence-corrected chi connectivity index (χ0v) is 6.13. The van der Waals surface area contributed by atoms with Crippen LogP contribution in [0.15, 0.2) is 12.2 Å². The first-order valence-electron chi connectivity index (χ1n) is 3.36. The molecule has 0 unspecified atom stereocenters. The molecule has 0 heterocycles. The first kappa shape index (κ1) is 9.17. The third-order valence-electron chi connectivity index (χ3n) is 0.916. The van der Waals surface area contributed by atoms with E-state index in [4.69, 9.17) is 5.11 Å². The predicted octanol–water partition coefficient (Wildman–Crippen LogP) is 0.0611. The summed E-state index contributed by atoms with van der Waals surface area (Å²) in [6.07, 6.45) is 4.09. The zero-order valence-electron chi connectivity index (χ0n) is 6.13. The van der Waals surface area contributed by atoms with Crippen molar-refractivity contribution in [2.45, 2.75) is 13.3 Å². The minimum Gasteiger partial charge on any atom is -0.395 e. The summed E-state index contributed by atoms with van der Waals surface area (Å²) in [5.41, 5.74) is 0. The summed E-state index contributed by atoms with van der Waals surface area (Å²) in [5, 5.41) is 10.8. The van der Waals surface area contributed by atoms with Crippen molar-refractivity contribution in [3.05, 3.63) is 12.2 Å². The molecule has 0 rings (SSSR count). The fourth-order valence-electron chi connectivity index (χ4n) is 0.463. The number of aliphatic hydroxyl groups excluding tert-OH is 1. The Morgan fingerprint density at radius 3 is 2.90 bits per heavy atom. The summed E-state index contributed by atoms with van der Waals surface area (Å²) in [6.45, 7) is 2.27. The van der Waals surface area contributed by atoms with Crippen molar-refractivity contribution >= 4 is 5.91 Å². The van der Waals surface area contributed by atoms with Gasteiger partial charge in [0.05, 0.1) is 6.61 Å². The summed E-state index contributed by atoms with van der Waals surface area (Å²) < 4.78 is 0. The first-order chi connectivity index (χ1) is 4.81. The summed E-state index contributed by atoms with van der Waals surface area (Å²) in [4.78, 5) is 10.7. The average molecular weight is 143 g/mol. The lowest BCUT2D eigenvalue weighted by atomic mass is 10.4. The third-order valence-corrected chi connectivity index (χ3v) is 0.916. The van der Waals surface area contributed by atoms with E-state index in [1.54, 1.807) is 6.08 Å². The summed E-state index contributed by atoms with van der Waals surface area (Å²) in [5.74, 6) is -0.143. The molecular formula is C7H13NO2. The van der Waals surface area contributed by atoms with Crippen LogP contribution in [0.5, 0.6) is 0 Å². The van der Waals surface area contributed by atoms with E-state index in [0.29, 0.717) is 6.54 Å². The number of hydrogen-bond donors (Lipinski definition) is 2. The highest BCUT2D eigenvalue weighted by molar-refractivity contribution is 5.87. The Morgan fingerprint density at radius 2 is 2.40 bits per heavy atom. The van der Waals surface area contributed by atoms with Gasteiger partial charge >= 0.3 is 0 Å². The van der Waals surface area contributed by atoms with Crippen molar-refractivity contribution < 1.29 is 9.90 Å². The van der Waals surface area contributed by atoms with E-state index in [1.165, 1.54) is 6.08 Å². The van der Waals surface area contributed by atoms with Gasteiger partial charge in [-0.05, 0) is 12.5 Å². The van der Waals surface area contributed by atoms with Gasteiger partial charge in [-0.3, -0.25) is 4.79 Å². The summed E-state index contributed by atoms with van der Waals surface area (Å²) in [6, 6.07) is 0. The predicted molar refractivity (Wildman–Crippen MR) is 39.5 cm³/mol. The molecule has 0 saturated heterocycles. The molecule has 0 aromatic carbocycles. The molecular weight excluding hydrogens is 130 g/mol. The van der Waals surface area contributed by atoms with Gasteiger partial charge in [-0.2, -0.15) is 0 Å². The fraction of sp³-hybridized carbons (Fsp3) is 0.571. The standard InChI is InChI=1S/C7H13NO2/c1-2-3-4-7(10)8-5-6-9/h3-4,9H,2,5-6H2,1H3,(H,8,10). The van der Waals surface area contributed by atoms with Crippen LogP contribution in [-0.4, -0.2) is 24.2 Å². The molecule has 0 saturated carbocycles. The molecule has 0 bridgehead atoms. The molecule has 0 spiro atoms. The van der Waals surface area contributed by atoms with Gasteiger partial charge in [-0.25, -0.2) is 0 Å². The van der Waals surface area contributed by atoms with Gasteiger partial charge in [0.25, 0.3) is 0 Å². The van der Waals surface area contributed by atoms with E-state index in [9.17, 15) is 4.79 Å². The molecule has 1 amide bonds. The van der Waals surface area contributed by atoms with Crippen LogP contribution in [0.25, 0.3) is 0 Å². The van der Waals surface area contributed by atoms with Crippen LogP contribution in [0.4, 0.5) is 0 Å². The molecule has 3 heteroatoms. The van der Waals surface area contributed by atoms with Gasteiger partial charge in [0, 0.05) is 6.54 Å². The highest BCUT2D eigenvalue weighted by atomic mass is 16.3. The quantitative estimate of drug-likeness (QED) is 0.547. The van der Waals surface area contributed by atoms with Gasteiger partial charge in [0.2, 0.25) is 5.91 Å². The van der Waals surface area contributed by atoms with Crippen LogP contribution in [0, 0.1) is 0 Å². The van der Waals surface area contributed by atoms with Gasteiger partial charge in [-0.15, -0.1) is 0 Å². The topological polar surface area (TPSA) is 49.3 Å². The summed E-state index contributed by atoms with van der Waals surface area (Å²) >= 11 is 0. The minimum absolute atomic E-state index is 0.00823. The maximum absolute atomic E-state index is 10.7. The Kier molecular flexibility index (Phi) is 5.77. The normalized spacial score (nSPS) is 10.2. The Bertz CT molecular complexity index is 121. The monoisotopic (exact) mass is 143 g/mol. The molecule has 2 N–H and O–H groups in total. The minimum atomic E-state index is -0.143. The van der Waals surface area contributed by atoms with E-state index in [2.05, 4.69) is 5.32 Å². The Hall–Kier alpha value is -0.830. The molecule has 0 aromatic heterocycles. The average Bonchev–Trinajstić information content (AvgIpc) is 1.97. The van der Waals surface area contributed by atoms with Crippen molar-refractivity contribution in [2.75, 3.05) is 13.2 Å². The van der Waals surface area contributed by atoms with E-state index in [1.807, 2.05) is 6.92 Å². The van der Waals surface area contributed by atoms with Crippen molar-refractivity contribution in [1.82, 2.24) is 5.32 Å². The number of rotatable bonds is 4.